The van der Waals surface area contributed by atoms with Gasteiger partial charge in [-0.25, -0.2) is 0 Å². The summed E-state index contributed by atoms with van der Waals surface area (Å²) in [6, 6.07) is 13.9. The lowest BCUT2D eigenvalue weighted by Crippen LogP contribution is -2.51. The molecule has 4 bridgehead atoms. The number of nitrogens with one attached hydrogen (secondary N) is 1. The molecule has 0 saturated heterocycles. The number of amides is 2. The Bertz CT molecular complexity index is 1060. The summed E-state index contributed by atoms with van der Waals surface area (Å²) in [5.74, 6) is 2.52. The lowest BCUT2D eigenvalue weighted by Gasteiger charge is -2.55. The van der Waals surface area contributed by atoms with Crippen LogP contribution in [-0.2, 0) is 4.79 Å². The second kappa shape index (κ2) is 7.65. The van der Waals surface area contributed by atoms with Crippen molar-refractivity contribution in [1.82, 2.24) is 0 Å². The standard InChI is InChI=1S/C27H30N2O2S/c1-2-9-29-22-8-7-20(13-24(22)32-23-6-4-3-5-21(23)25(29)30)28-26(31)27-14-17-10-18(15-27)12-19(11-17)16-27/h3-8,13,17-19H,2,9-12,14-16H2,1H3,(H,28,31). The molecule has 2 aromatic rings. The summed E-state index contributed by atoms with van der Waals surface area (Å²) in [6.07, 6.45) is 8.10. The fourth-order valence-corrected chi connectivity index (χ4v) is 8.22. The van der Waals surface area contributed by atoms with Crippen LogP contribution in [0.15, 0.2) is 52.3 Å². The summed E-state index contributed by atoms with van der Waals surface area (Å²) < 4.78 is 0. The molecule has 2 amide bonds. The van der Waals surface area contributed by atoms with E-state index < -0.39 is 0 Å². The molecule has 4 saturated carbocycles. The molecule has 2 aromatic carbocycles. The first-order chi connectivity index (χ1) is 15.5. The largest absolute Gasteiger partial charge is 0.326 e. The molecule has 166 valence electrons. The van der Waals surface area contributed by atoms with Crippen LogP contribution < -0.4 is 10.2 Å². The van der Waals surface area contributed by atoms with Crippen molar-refractivity contribution in [2.24, 2.45) is 23.2 Å². The Balaban J connectivity index is 1.31. The molecular formula is C27H30N2O2S. The normalized spacial score (nSPS) is 30.0. The predicted octanol–water partition coefficient (Wildman–Crippen LogP) is 6.36. The summed E-state index contributed by atoms with van der Waals surface area (Å²) >= 11 is 1.62. The van der Waals surface area contributed by atoms with E-state index in [9.17, 15) is 9.59 Å². The zero-order valence-electron chi connectivity index (χ0n) is 18.6. The number of carbonyl (C=O) groups is 2. The van der Waals surface area contributed by atoms with E-state index in [-0.39, 0.29) is 17.2 Å². The van der Waals surface area contributed by atoms with Crippen LogP contribution in [0.5, 0.6) is 0 Å². The van der Waals surface area contributed by atoms with Gasteiger partial charge in [-0.2, -0.15) is 0 Å². The highest BCUT2D eigenvalue weighted by atomic mass is 32.2. The topological polar surface area (TPSA) is 49.4 Å². The van der Waals surface area contributed by atoms with Gasteiger partial charge < -0.3 is 10.2 Å². The lowest BCUT2D eigenvalue weighted by molar-refractivity contribution is -0.140. The third-order valence-corrected chi connectivity index (χ3v) is 9.18. The molecule has 4 fully saturated rings. The van der Waals surface area contributed by atoms with Crippen LogP contribution in [0.3, 0.4) is 0 Å². The molecule has 0 radical (unpaired) electrons. The maximum atomic E-state index is 13.5. The molecular weight excluding hydrogens is 416 g/mol. The minimum atomic E-state index is -0.161. The number of anilines is 2. The van der Waals surface area contributed by atoms with Crippen LogP contribution in [0.2, 0.25) is 0 Å². The quantitative estimate of drug-likeness (QED) is 0.594. The van der Waals surface area contributed by atoms with Gasteiger partial charge in [0.25, 0.3) is 5.91 Å². The van der Waals surface area contributed by atoms with Crippen LogP contribution in [0.4, 0.5) is 11.4 Å². The Morgan fingerprint density at radius 1 is 1.03 bits per heavy atom. The van der Waals surface area contributed by atoms with Gasteiger partial charge in [0.15, 0.2) is 0 Å². The Hall–Kier alpha value is -2.27. The van der Waals surface area contributed by atoms with Gasteiger partial charge >= 0.3 is 0 Å². The van der Waals surface area contributed by atoms with E-state index in [1.54, 1.807) is 11.8 Å². The van der Waals surface area contributed by atoms with E-state index >= 15 is 0 Å². The third-order valence-electron chi connectivity index (χ3n) is 8.06. The minimum absolute atomic E-state index is 0.0547. The van der Waals surface area contributed by atoms with E-state index in [1.165, 1.54) is 19.3 Å². The van der Waals surface area contributed by atoms with Crippen molar-refractivity contribution < 1.29 is 9.59 Å². The number of nitrogens with zero attached hydrogens (tertiary/aromatic N) is 1. The molecule has 0 atom stereocenters. The molecule has 1 heterocycles. The van der Waals surface area contributed by atoms with Crippen LogP contribution in [0, 0.1) is 23.2 Å². The Kier molecular flexibility index (Phi) is 4.87. The first-order valence-electron chi connectivity index (χ1n) is 12.1. The Morgan fingerprint density at radius 2 is 1.72 bits per heavy atom. The van der Waals surface area contributed by atoms with Crippen molar-refractivity contribution in [3.63, 3.8) is 0 Å². The molecule has 32 heavy (non-hydrogen) atoms. The number of benzene rings is 2. The van der Waals surface area contributed by atoms with E-state index in [1.807, 2.05) is 41.3 Å². The molecule has 7 rings (SSSR count). The summed E-state index contributed by atoms with van der Waals surface area (Å²) in [4.78, 5) is 30.7. The molecule has 0 aromatic heterocycles. The molecule has 1 N–H and O–H groups in total. The first-order valence-corrected chi connectivity index (χ1v) is 12.9. The van der Waals surface area contributed by atoms with Gasteiger partial charge in [-0.15, -0.1) is 0 Å². The summed E-state index contributed by atoms with van der Waals surface area (Å²) in [7, 11) is 0. The van der Waals surface area contributed by atoms with Crippen molar-refractivity contribution in [1.29, 1.82) is 0 Å². The maximum absolute atomic E-state index is 13.5. The first kappa shape index (κ1) is 20.3. The fourth-order valence-electron chi connectivity index (χ4n) is 7.10. The van der Waals surface area contributed by atoms with Crippen molar-refractivity contribution >= 4 is 35.0 Å². The second-order valence-corrected chi connectivity index (χ2v) is 11.5. The number of hydrogen-bond donors (Lipinski definition) is 1. The van der Waals surface area contributed by atoms with Crippen LogP contribution in [0.25, 0.3) is 0 Å². The van der Waals surface area contributed by atoms with Gasteiger partial charge in [0.2, 0.25) is 5.91 Å². The Morgan fingerprint density at radius 3 is 2.41 bits per heavy atom. The zero-order chi connectivity index (χ0) is 21.9. The average molecular weight is 447 g/mol. The van der Waals surface area contributed by atoms with E-state index in [0.717, 1.165) is 70.2 Å². The van der Waals surface area contributed by atoms with Crippen LogP contribution >= 0.6 is 11.8 Å². The van der Waals surface area contributed by atoms with Gasteiger partial charge in [0, 0.05) is 22.0 Å². The molecule has 4 nitrogen and oxygen atoms in total. The number of fused-ring (bicyclic) bond motifs is 2. The highest BCUT2D eigenvalue weighted by Crippen LogP contribution is 2.60. The SMILES string of the molecule is CCCN1C(=O)c2ccccc2Sc2cc(NC(=O)C34CC5CC(CC(C5)C3)C4)ccc21. The molecule has 4 aliphatic carbocycles. The van der Waals surface area contributed by atoms with Gasteiger partial charge in [-0.1, -0.05) is 30.8 Å². The molecule has 1 aliphatic heterocycles. The molecule has 0 unspecified atom stereocenters. The summed E-state index contributed by atoms with van der Waals surface area (Å²) in [6.45, 7) is 2.77. The van der Waals surface area contributed by atoms with Crippen molar-refractivity contribution in [3.05, 3.63) is 48.0 Å². The van der Waals surface area contributed by atoms with Crippen molar-refractivity contribution in [2.45, 2.75) is 61.7 Å². The van der Waals surface area contributed by atoms with Gasteiger partial charge in [0.05, 0.1) is 16.7 Å². The van der Waals surface area contributed by atoms with Crippen LogP contribution in [-0.4, -0.2) is 18.4 Å². The Labute approximate surface area is 194 Å². The zero-order valence-corrected chi connectivity index (χ0v) is 19.4. The van der Waals surface area contributed by atoms with Gasteiger partial charge in [-0.05, 0) is 93.0 Å². The molecule has 5 heteroatoms. The lowest BCUT2D eigenvalue weighted by atomic mass is 9.49. The summed E-state index contributed by atoms with van der Waals surface area (Å²) in [5, 5.41) is 3.30. The molecule has 5 aliphatic rings. The minimum Gasteiger partial charge on any atom is -0.326 e. The van der Waals surface area contributed by atoms with E-state index in [2.05, 4.69) is 18.3 Å². The maximum Gasteiger partial charge on any atom is 0.259 e. The van der Waals surface area contributed by atoms with Gasteiger partial charge in [0.1, 0.15) is 0 Å². The predicted molar refractivity (Wildman–Crippen MR) is 128 cm³/mol. The van der Waals surface area contributed by atoms with Crippen molar-refractivity contribution in [2.75, 3.05) is 16.8 Å². The second-order valence-electron chi connectivity index (χ2n) is 10.4. The van der Waals surface area contributed by atoms with E-state index in [4.69, 9.17) is 0 Å². The summed E-state index contributed by atoms with van der Waals surface area (Å²) in [5.41, 5.74) is 2.37. The fraction of sp³-hybridized carbons (Fsp3) is 0.481. The van der Waals surface area contributed by atoms with E-state index in [0.29, 0.717) is 6.54 Å². The highest BCUT2D eigenvalue weighted by molar-refractivity contribution is 7.99. The van der Waals surface area contributed by atoms with Crippen LogP contribution in [0.1, 0.15) is 62.2 Å². The highest BCUT2D eigenvalue weighted by Gasteiger charge is 2.54. The number of rotatable bonds is 4. The third kappa shape index (κ3) is 3.28. The van der Waals surface area contributed by atoms with Gasteiger partial charge in [-0.3, -0.25) is 9.59 Å². The van der Waals surface area contributed by atoms with Crippen molar-refractivity contribution in [3.8, 4) is 0 Å². The molecule has 0 spiro atoms. The number of hydrogen-bond acceptors (Lipinski definition) is 3. The smallest absolute Gasteiger partial charge is 0.259 e. The monoisotopic (exact) mass is 446 g/mol. The number of carbonyl (C=O) groups excluding carboxylic acids is 2. The average Bonchev–Trinajstić information content (AvgIpc) is 2.88.